The molecule has 21 heavy (non-hydrogen) atoms. The second kappa shape index (κ2) is 8.18. The lowest BCUT2D eigenvalue weighted by Gasteiger charge is -2.20. The van der Waals surface area contributed by atoms with Crippen LogP contribution in [0.1, 0.15) is 18.9 Å². The molecule has 7 heteroatoms. The minimum Gasteiger partial charge on any atom is -0.480 e. The summed E-state index contributed by atoms with van der Waals surface area (Å²) >= 11 is 0. The average molecular weight is 301 g/mol. The number of aliphatic carboxylic acids is 1. The van der Waals surface area contributed by atoms with Crippen LogP contribution in [0.25, 0.3) is 0 Å². The second-order valence-corrected chi connectivity index (χ2v) is 4.41. The number of hydrogen-bond donors (Lipinski definition) is 1. The van der Waals surface area contributed by atoms with Gasteiger partial charge >= 0.3 is 12.6 Å². The standard InChI is InChI=1S/C14H17F2NO4/c1-2-7-17(9-13(19)20)12(18)8-10-3-5-11(6-4-10)21-14(15)16/h3-6,14H,2,7-9H2,1H3,(H,19,20). The molecular formula is C14H17F2NO4. The van der Waals surface area contributed by atoms with Crippen molar-refractivity contribution in [3.05, 3.63) is 29.8 Å². The topological polar surface area (TPSA) is 66.8 Å². The smallest absolute Gasteiger partial charge is 0.387 e. The van der Waals surface area contributed by atoms with E-state index in [1.165, 1.54) is 29.2 Å². The van der Waals surface area contributed by atoms with Crippen molar-refractivity contribution in [1.29, 1.82) is 0 Å². The molecule has 0 bridgehead atoms. The molecule has 0 aliphatic heterocycles. The summed E-state index contributed by atoms with van der Waals surface area (Å²) < 4.78 is 28.2. The van der Waals surface area contributed by atoms with Gasteiger partial charge in [-0.3, -0.25) is 9.59 Å². The lowest BCUT2D eigenvalue weighted by molar-refractivity contribution is -0.144. The van der Waals surface area contributed by atoms with E-state index in [4.69, 9.17) is 5.11 Å². The molecule has 0 aromatic heterocycles. The van der Waals surface area contributed by atoms with Gasteiger partial charge in [-0.25, -0.2) is 0 Å². The van der Waals surface area contributed by atoms with Crippen molar-refractivity contribution < 1.29 is 28.2 Å². The summed E-state index contributed by atoms with van der Waals surface area (Å²) in [6.45, 7) is -1.04. The Bertz CT molecular complexity index is 476. The van der Waals surface area contributed by atoms with E-state index in [2.05, 4.69) is 4.74 Å². The molecule has 0 fully saturated rings. The predicted molar refractivity (Wildman–Crippen MR) is 71.3 cm³/mol. The molecule has 1 N–H and O–H groups in total. The number of carboxylic acid groups (broad SMARTS) is 1. The first-order valence-electron chi connectivity index (χ1n) is 6.45. The molecule has 5 nitrogen and oxygen atoms in total. The first-order chi connectivity index (χ1) is 9.92. The van der Waals surface area contributed by atoms with Gasteiger partial charge < -0.3 is 14.7 Å². The van der Waals surface area contributed by atoms with Crippen LogP contribution in [0.2, 0.25) is 0 Å². The Hall–Kier alpha value is -2.18. The van der Waals surface area contributed by atoms with E-state index >= 15 is 0 Å². The largest absolute Gasteiger partial charge is 0.480 e. The molecule has 1 rings (SSSR count). The van der Waals surface area contributed by atoms with Gasteiger partial charge in [0.15, 0.2) is 0 Å². The maximum Gasteiger partial charge on any atom is 0.387 e. The zero-order valence-electron chi connectivity index (χ0n) is 11.6. The Morgan fingerprint density at radius 2 is 1.90 bits per heavy atom. The quantitative estimate of drug-likeness (QED) is 0.799. The van der Waals surface area contributed by atoms with Crippen LogP contribution in [0.3, 0.4) is 0 Å². The highest BCUT2D eigenvalue weighted by Crippen LogP contribution is 2.15. The van der Waals surface area contributed by atoms with Gasteiger partial charge in [-0.1, -0.05) is 19.1 Å². The van der Waals surface area contributed by atoms with Crippen LogP contribution in [-0.4, -0.2) is 41.6 Å². The number of carboxylic acids is 1. The lowest BCUT2D eigenvalue weighted by Crippen LogP contribution is -2.37. The van der Waals surface area contributed by atoms with Gasteiger partial charge in [0.1, 0.15) is 12.3 Å². The SMILES string of the molecule is CCCN(CC(=O)O)C(=O)Cc1ccc(OC(F)F)cc1. The molecule has 116 valence electrons. The highest BCUT2D eigenvalue weighted by molar-refractivity contribution is 5.83. The predicted octanol–water partition coefficient (Wildman–Crippen LogP) is 2.15. The summed E-state index contributed by atoms with van der Waals surface area (Å²) in [4.78, 5) is 24.0. The molecule has 0 spiro atoms. The van der Waals surface area contributed by atoms with Crippen LogP contribution < -0.4 is 4.74 Å². The molecule has 0 unspecified atom stereocenters. The Morgan fingerprint density at radius 3 is 2.38 bits per heavy atom. The maximum atomic E-state index is 12.0. The number of ether oxygens (including phenoxy) is 1. The summed E-state index contributed by atoms with van der Waals surface area (Å²) in [6, 6.07) is 5.69. The molecule has 0 heterocycles. The van der Waals surface area contributed by atoms with Crippen molar-refractivity contribution in [2.45, 2.75) is 26.4 Å². The van der Waals surface area contributed by atoms with Crippen LogP contribution in [-0.2, 0) is 16.0 Å². The highest BCUT2D eigenvalue weighted by atomic mass is 19.3. The third kappa shape index (κ3) is 6.20. The fourth-order valence-corrected chi connectivity index (χ4v) is 1.80. The van der Waals surface area contributed by atoms with Gasteiger partial charge in [0, 0.05) is 6.54 Å². The third-order valence-corrected chi connectivity index (χ3v) is 2.68. The number of hydrogen-bond acceptors (Lipinski definition) is 3. The second-order valence-electron chi connectivity index (χ2n) is 4.41. The number of amides is 1. The number of carbonyl (C=O) groups excluding carboxylic acids is 1. The third-order valence-electron chi connectivity index (χ3n) is 2.68. The minimum absolute atomic E-state index is 0.0112. The van der Waals surface area contributed by atoms with Crippen molar-refractivity contribution in [3.8, 4) is 5.75 Å². The molecular weight excluding hydrogens is 284 g/mol. The number of halogens is 2. The molecule has 0 radical (unpaired) electrons. The van der Waals surface area contributed by atoms with E-state index in [1.807, 2.05) is 6.92 Å². The van der Waals surface area contributed by atoms with E-state index in [1.54, 1.807) is 0 Å². The molecule has 0 saturated carbocycles. The monoisotopic (exact) mass is 301 g/mol. The Kier molecular flexibility index (Phi) is 6.58. The molecule has 0 aliphatic carbocycles. The zero-order valence-corrected chi connectivity index (χ0v) is 11.6. The van der Waals surface area contributed by atoms with Crippen LogP contribution in [0, 0.1) is 0 Å². The minimum atomic E-state index is -2.90. The molecule has 1 aromatic rings. The number of benzene rings is 1. The summed E-state index contributed by atoms with van der Waals surface area (Å²) in [5.74, 6) is -1.38. The molecule has 0 saturated heterocycles. The average Bonchev–Trinajstić information content (AvgIpc) is 2.39. The van der Waals surface area contributed by atoms with Crippen molar-refractivity contribution in [2.24, 2.45) is 0 Å². The number of rotatable bonds is 8. The lowest BCUT2D eigenvalue weighted by atomic mass is 10.1. The van der Waals surface area contributed by atoms with Gasteiger partial charge in [0.05, 0.1) is 6.42 Å². The number of carbonyl (C=O) groups is 2. The van der Waals surface area contributed by atoms with Gasteiger partial charge in [-0.2, -0.15) is 8.78 Å². The van der Waals surface area contributed by atoms with Crippen molar-refractivity contribution in [1.82, 2.24) is 4.90 Å². The summed E-state index contributed by atoms with van der Waals surface area (Å²) in [5.41, 5.74) is 0.605. The number of alkyl halides is 2. The van der Waals surface area contributed by atoms with Crippen LogP contribution in [0.15, 0.2) is 24.3 Å². The van der Waals surface area contributed by atoms with E-state index < -0.39 is 12.6 Å². The Balaban J connectivity index is 2.65. The molecule has 1 aromatic carbocycles. The van der Waals surface area contributed by atoms with Gasteiger partial charge in [0.2, 0.25) is 5.91 Å². The van der Waals surface area contributed by atoms with Crippen molar-refractivity contribution in [3.63, 3.8) is 0 Å². The summed E-state index contributed by atoms with van der Waals surface area (Å²) in [7, 11) is 0. The molecule has 0 aliphatic rings. The summed E-state index contributed by atoms with van der Waals surface area (Å²) in [6.07, 6.45) is 0.669. The maximum absolute atomic E-state index is 12.0. The van der Waals surface area contributed by atoms with Crippen LogP contribution >= 0.6 is 0 Å². The zero-order chi connectivity index (χ0) is 15.8. The molecule has 0 atom stereocenters. The van der Waals surface area contributed by atoms with E-state index in [-0.39, 0.29) is 24.6 Å². The van der Waals surface area contributed by atoms with E-state index in [0.29, 0.717) is 18.5 Å². The van der Waals surface area contributed by atoms with Crippen molar-refractivity contribution >= 4 is 11.9 Å². The molecule has 1 amide bonds. The Morgan fingerprint density at radius 1 is 1.29 bits per heavy atom. The normalized spacial score (nSPS) is 10.5. The van der Waals surface area contributed by atoms with Gasteiger partial charge in [0.25, 0.3) is 0 Å². The Labute approximate surface area is 121 Å². The number of nitrogens with zero attached hydrogens (tertiary/aromatic N) is 1. The summed E-state index contributed by atoms with van der Waals surface area (Å²) in [5, 5.41) is 8.76. The first kappa shape index (κ1) is 16.9. The van der Waals surface area contributed by atoms with Gasteiger partial charge in [-0.05, 0) is 24.1 Å². The van der Waals surface area contributed by atoms with E-state index in [9.17, 15) is 18.4 Å². The van der Waals surface area contributed by atoms with Gasteiger partial charge in [-0.15, -0.1) is 0 Å². The fourth-order valence-electron chi connectivity index (χ4n) is 1.80. The van der Waals surface area contributed by atoms with Crippen LogP contribution in [0.4, 0.5) is 8.78 Å². The highest BCUT2D eigenvalue weighted by Gasteiger charge is 2.16. The fraction of sp³-hybridized carbons (Fsp3) is 0.429. The van der Waals surface area contributed by atoms with E-state index in [0.717, 1.165) is 0 Å². The first-order valence-corrected chi connectivity index (χ1v) is 6.45. The van der Waals surface area contributed by atoms with Crippen LogP contribution in [0.5, 0.6) is 5.75 Å². The van der Waals surface area contributed by atoms with Crippen molar-refractivity contribution in [2.75, 3.05) is 13.1 Å².